The number of ether oxygens (including phenoxy) is 7. The number of carbonyl (C=O) groups is 3. The van der Waals surface area contributed by atoms with Crippen molar-refractivity contribution < 1.29 is 173 Å². The van der Waals surface area contributed by atoms with Crippen LogP contribution in [-0.4, -0.2) is 300 Å². The zero-order valence-electron chi connectivity index (χ0n) is 36.8. The molecule has 39 nitrogen and oxygen atoms in total. The molecule has 4 aliphatic rings. The summed E-state index contributed by atoms with van der Waals surface area (Å²) in [5.74, 6) is -5.49. The van der Waals surface area contributed by atoms with Crippen molar-refractivity contribution in [1.29, 1.82) is 0 Å². The minimum Gasteiger partial charge on any atom is -1.00 e. The molecule has 0 unspecified atom stereocenters. The molecule has 72 heavy (non-hydrogen) atoms. The number of rotatable bonds is 21. The number of carboxylic acids is 2. The first-order valence-electron chi connectivity index (χ1n) is 18.5. The van der Waals surface area contributed by atoms with E-state index in [1.54, 1.807) is 0 Å². The zero-order valence-corrected chi connectivity index (χ0v) is 40.3. The Kier molecular flexibility index (Phi) is 23.9. The second-order valence-electron chi connectivity index (χ2n) is 14.6. The van der Waals surface area contributed by atoms with Gasteiger partial charge in [0.2, 0.25) is 5.91 Å². The topological polar surface area (TPSA) is 610 Å². The van der Waals surface area contributed by atoms with E-state index >= 15 is 0 Å². The number of hydrogen-bond acceptors (Lipinski definition) is 30. The average molecular weight is 1190 g/mol. The van der Waals surface area contributed by atoms with Crippen molar-refractivity contribution in [2.24, 2.45) is 0 Å². The number of aliphatic carboxylic acids is 2. The van der Waals surface area contributed by atoms with E-state index in [2.05, 4.69) is 16.7 Å². The van der Waals surface area contributed by atoms with Gasteiger partial charge in [-0.1, -0.05) is 0 Å². The summed E-state index contributed by atoms with van der Waals surface area (Å²) in [4.78, 5) is 36.4. The summed E-state index contributed by atoms with van der Waals surface area (Å²) in [5, 5.41) is 86.0. The molecule has 0 bridgehead atoms. The number of hydrogen-bond donors (Lipinski definition) is 15. The van der Waals surface area contributed by atoms with Gasteiger partial charge in [-0.3, -0.25) is 27.6 Å². The van der Waals surface area contributed by atoms with E-state index < -0.39 is 206 Å². The molecule has 418 valence electrons. The molecule has 4 rings (SSSR count). The van der Waals surface area contributed by atoms with E-state index in [0.717, 1.165) is 6.92 Å². The number of carboxylic acid groups (broad SMARTS) is 2. The molecule has 4 fully saturated rings. The minimum atomic E-state index is -6.09. The van der Waals surface area contributed by atoms with Crippen LogP contribution in [0.2, 0.25) is 0 Å². The summed E-state index contributed by atoms with van der Waals surface area (Å²) in [7, 11) is -29.1. The van der Waals surface area contributed by atoms with Gasteiger partial charge in [0, 0.05) is 6.92 Å². The van der Waals surface area contributed by atoms with Crippen LogP contribution in [0.3, 0.4) is 0 Å². The van der Waals surface area contributed by atoms with Crippen molar-refractivity contribution >= 4 is 110 Å². The maximum absolute atomic E-state index is 12.7. The zero-order chi connectivity index (χ0) is 53.4. The van der Waals surface area contributed by atoms with Gasteiger partial charge in [0.15, 0.2) is 66.9 Å². The van der Waals surface area contributed by atoms with E-state index in [0.29, 0.717) is 0 Å². The SMILES string of the molecule is CC(=O)N[C@@H]1[C@@H](O)[C@H](O[C@@H]2O[C@H](C(=O)O)[C@@H](O[C@@H]3O[C@H](CO)[C@@H](O[C@H]4O[C@@H](C(=O)O)[C@H](O)[C@@H](O)[C@@H]4OS(=O)(=O)O)[C@H](OS(=O)(=O)O)[C@H]3NS(=O)(=O)O)[C@H](O)[C@H]2OS(=O)(=O)O)[C@H](COS(=O)(=O)O)O[C@H]1O.[AlH3].[H-].[H-].[Mg+2]. The molecule has 0 aromatic rings. The fraction of sp³-hybridized carbons (Fsp3) is 0.885. The van der Waals surface area contributed by atoms with Gasteiger partial charge in [0.05, 0.1) is 13.2 Å². The van der Waals surface area contributed by atoms with E-state index in [9.17, 15) is 116 Å². The van der Waals surface area contributed by atoms with Gasteiger partial charge in [-0.05, 0) is 0 Å². The Morgan fingerprint density at radius 3 is 1.44 bits per heavy atom. The summed E-state index contributed by atoms with van der Waals surface area (Å²) in [5.41, 5.74) is 0. The average Bonchev–Trinajstić information content (AvgIpc) is 3.18. The Labute approximate surface area is 433 Å². The summed E-state index contributed by atoms with van der Waals surface area (Å²) in [6, 6.07) is -4.96. The van der Waals surface area contributed by atoms with Crippen LogP contribution >= 0.6 is 0 Å². The third-order valence-corrected chi connectivity index (χ3v) is 12.1. The second kappa shape index (κ2) is 25.8. The fourth-order valence-electron chi connectivity index (χ4n) is 7.05. The molecular formula is C26H47AlMgN2O37S5. The summed E-state index contributed by atoms with van der Waals surface area (Å²) in [6.07, 6.45) is -49.1. The van der Waals surface area contributed by atoms with Gasteiger partial charge < -0.3 is 82.2 Å². The monoisotopic (exact) mass is 1190 g/mol. The van der Waals surface area contributed by atoms with Crippen LogP contribution in [-0.2, 0) is 116 Å². The van der Waals surface area contributed by atoms with E-state index in [1.807, 2.05) is 5.32 Å². The van der Waals surface area contributed by atoms with Gasteiger partial charge in [0.25, 0.3) is 0 Å². The first-order chi connectivity index (χ1) is 31.8. The Hall–Kier alpha value is -1.46. The van der Waals surface area contributed by atoms with Crippen molar-refractivity contribution in [3.05, 3.63) is 0 Å². The molecule has 4 heterocycles. The number of aliphatic hydroxyl groups is 6. The van der Waals surface area contributed by atoms with Gasteiger partial charge in [0.1, 0.15) is 73.1 Å². The van der Waals surface area contributed by atoms with Gasteiger partial charge in [-0.2, -0.15) is 46.8 Å². The first-order valence-corrected chi connectivity index (χ1v) is 25.4. The van der Waals surface area contributed by atoms with E-state index in [4.69, 9.17) is 37.7 Å². The third-order valence-electron chi connectivity index (χ3n) is 9.68. The van der Waals surface area contributed by atoms with Gasteiger partial charge in [-0.25, -0.2) is 26.3 Å². The summed E-state index contributed by atoms with van der Waals surface area (Å²) in [6.45, 7) is -2.24. The predicted octanol–water partition coefficient (Wildman–Crippen LogP) is -12.1. The third kappa shape index (κ3) is 18.3. The van der Waals surface area contributed by atoms with Crippen molar-refractivity contribution in [2.45, 2.75) is 130 Å². The van der Waals surface area contributed by atoms with Crippen LogP contribution in [0.1, 0.15) is 9.78 Å². The van der Waals surface area contributed by atoms with Crippen LogP contribution in [0.25, 0.3) is 0 Å². The molecule has 15 N–H and O–H groups in total. The molecule has 0 radical (unpaired) electrons. The maximum Gasteiger partial charge on any atom is 2.00 e. The standard InChI is InChI=1S/C26H42N2O37S5.Al.Mg.5H/c1-4(30)27-7-9(31)13(6(56-23(7)39)3-55-67(43,44)45)58-26-19(65-70(52,53)54)12(34)16(20(62-26)22(37)38)60-24-8(28-66(40,41)42)15(63-68(46,47)48)14(5(2-29)57-24)59-25-18(64-69(49,50)51)11(33)10(32)17(61-25)21(35)36;;;;;;;/h5-20,23-26,28-29,31-34,39H,2-3H2,1H3,(H,27,30)(H,35,36)(H,37,38)(H,40,41,42)(H,43,44,45)(H,46,47,48)(H,49,50,51)(H,52,53,54);;;;;;;/q;;+2;;;;2*-1/t5-,6+,7-,8-,9-,10-,11-,12+,13-,14-,15-,16+,17-,18+,19-,20+,23-,24+,25+,26-;;;;;;;/m1......./s1. The Balaban J connectivity index is 0.0000133. The van der Waals surface area contributed by atoms with Crippen molar-refractivity contribution in [3.63, 3.8) is 0 Å². The molecule has 4 saturated heterocycles. The Bertz CT molecular complexity index is 2470. The molecule has 4 aliphatic heterocycles. The number of amides is 1. The molecule has 0 aromatic carbocycles. The smallest absolute Gasteiger partial charge is 1.00 e. The second-order valence-corrected chi connectivity index (χ2v) is 20.0. The van der Waals surface area contributed by atoms with Crippen molar-refractivity contribution in [3.8, 4) is 0 Å². The first kappa shape index (κ1) is 66.6. The van der Waals surface area contributed by atoms with Crippen LogP contribution in [0, 0.1) is 0 Å². The molecule has 0 aliphatic carbocycles. The normalized spacial score (nSPS) is 38.1. The number of nitrogens with one attached hydrogen (secondary N) is 2. The Morgan fingerprint density at radius 2 is 1.00 bits per heavy atom. The summed E-state index contributed by atoms with van der Waals surface area (Å²) >= 11 is 0. The maximum atomic E-state index is 12.7. The van der Waals surface area contributed by atoms with Crippen LogP contribution < -0.4 is 10.0 Å². The van der Waals surface area contributed by atoms with Gasteiger partial charge >= 0.3 is 86.9 Å². The quantitative estimate of drug-likeness (QED) is 0.0375. The molecule has 0 spiro atoms. The molecular weight excluding hydrogens is 1140 g/mol. The molecule has 0 aromatic heterocycles. The molecule has 0 saturated carbocycles. The van der Waals surface area contributed by atoms with Crippen LogP contribution in [0.15, 0.2) is 0 Å². The van der Waals surface area contributed by atoms with E-state index in [1.165, 1.54) is 4.72 Å². The van der Waals surface area contributed by atoms with Crippen molar-refractivity contribution in [1.82, 2.24) is 10.0 Å². The minimum absolute atomic E-state index is 0. The predicted molar refractivity (Wildman–Crippen MR) is 219 cm³/mol. The van der Waals surface area contributed by atoms with Crippen LogP contribution in [0.4, 0.5) is 0 Å². The van der Waals surface area contributed by atoms with Crippen molar-refractivity contribution in [2.75, 3.05) is 13.2 Å². The number of carbonyl (C=O) groups excluding carboxylic acids is 1. The summed E-state index contributed by atoms with van der Waals surface area (Å²) < 4.78 is 222. The largest absolute Gasteiger partial charge is 2.00 e. The van der Waals surface area contributed by atoms with E-state index in [-0.39, 0.29) is 43.3 Å². The fourth-order valence-corrected chi connectivity index (χ4v) is 9.43. The molecule has 20 atom stereocenters. The Morgan fingerprint density at radius 1 is 0.542 bits per heavy atom. The van der Waals surface area contributed by atoms with Crippen LogP contribution in [0.5, 0.6) is 0 Å². The number of aliphatic hydroxyl groups excluding tert-OH is 6. The molecule has 1 amide bonds. The van der Waals surface area contributed by atoms with Gasteiger partial charge in [-0.15, -0.1) is 0 Å². The molecule has 46 heteroatoms.